The second-order valence-electron chi connectivity index (χ2n) is 7.36. The lowest BCUT2D eigenvalue weighted by molar-refractivity contribution is -0.117. The van der Waals surface area contributed by atoms with E-state index < -0.39 is 0 Å². The molecule has 1 aromatic heterocycles. The average Bonchev–Trinajstić information content (AvgIpc) is 3.15. The van der Waals surface area contributed by atoms with Crippen LogP contribution in [0.1, 0.15) is 42.6 Å². The summed E-state index contributed by atoms with van der Waals surface area (Å²) in [5.41, 5.74) is 5.58. The minimum absolute atomic E-state index is 0.141. The van der Waals surface area contributed by atoms with E-state index in [-0.39, 0.29) is 11.8 Å². The van der Waals surface area contributed by atoms with Crippen LogP contribution in [0.3, 0.4) is 0 Å². The highest BCUT2D eigenvalue weighted by molar-refractivity contribution is 5.96. The fraction of sp³-hybridized carbons (Fsp3) is 0.364. The van der Waals surface area contributed by atoms with Gasteiger partial charge in [-0.2, -0.15) is 0 Å². The van der Waals surface area contributed by atoms with Gasteiger partial charge in [0.05, 0.1) is 11.0 Å². The Hall–Kier alpha value is -2.62. The molecule has 4 rings (SSSR count). The van der Waals surface area contributed by atoms with Crippen molar-refractivity contribution in [1.29, 1.82) is 0 Å². The molecule has 1 saturated heterocycles. The Labute approximate surface area is 154 Å². The molecule has 0 aliphatic carbocycles. The van der Waals surface area contributed by atoms with Gasteiger partial charge in [-0.05, 0) is 55.7 Å². The zero-order chi connectivity index (χ0) is 18.3. The SMILES string of the molecule is CCCn1c([C@@H]2CC(=O)N(c3cc(C)cc(C)c3)C2)nc2ccccc21. The highest BCUT2D eigenvalue weighted by Crippen LogP contribution is 2.34. The summed E-state index contributed by atoms with van der Waals surface area (Å²) in [4.78, 5) is 19.6. The summed E-state index contributed by atoms with van der Waals surface area (Å²) in [6, 6.07) is 14.6. The number of para-hydroxylation sites is 2. The van der Waals surface area contributed by atoms with Crippen LogP contribution in [-0.4, -0.2) is 22.0 Å². The molecule has 1 aliphatic heterocycles. The second kappa shape index (κ2) is 6.60. The van der Waals surface area contributed by atoms with Crippen molar-refractivity contribution in [3.63, 3.8) is 0 Å². The summed E-state index contributed by atoms with van der Waals surface area (Å²) < 4.78 is 2.30. The first-order valence-corrected chi connectivity index (χ1v) is 9.40. The number of aromatic nitrogens is 2. The number of hydrogen-bond acceptors (Lipinski definition) is 2. The predicted octanol–water partition coefficient (Wildman–Crippen LogP) is 4.58. The number of nitrogens with zero attached hydrogens (tertiary/aromatic N) is 3. The topological polar surface area (TPSA) is 38.1 Å². The van der Waals surface area contributed by atoms with E-state index in [4.69, 9.17) is 4.98 Å². The van der Waals surface area contributed by atoms with Gasteiger partial charge in [-0.15, -0.1) is 0 Å². The molecular weight excluding hydrogens is 322 g/mol. The van der Waals surface area contributed by atoms with Crippen LogP contribution in [-0.2, 0) is 11.3 Å². The molecule has 1 amide bonds. The molecule has 4 heteroatoms. The molecule has 0 radical (unpaired) electrons. The van der Waals surface area contributed by atoms with Crippen molar-refractivity contribution in [2.24, 2.45) is 0 Å². The smallest absolute Gasteiger partial charge is 0.227 e. The van der Waals surface area contributed by atoms with E-state index in [1.807, 2.05) is 11.0 Å². The van der Waals surface area contributed by atoms with Gasteiger partial charge in [0, 0.05) is 31.1 Å². The van der Waals surface area contributed by atoms with Crippen molar-refractivity contribution in [3.8, 4) is 0 Å². The minimum atomic E-state index is 0.141. The van der Waals surface area contributed by atoms with Gasteiger partial charge in [0.2, 0.25) is 5.91 Å². The maximum Gasteiger partial charge on any atom is 0.227 e. The average molecular weight is 347 g/mol. The van der Waals surface area contributed by atoms with Crippen molar-refractivity contribution in [2.45, 2.75) is 46.1 Å². The quantitative estimate of drug-likeness (QED) is 0.693. The Morgan fingerprint density at radius 2 is 1.85 bits per heavy atom. The molecular formula is C22H25N3O. The maximum atomic E-state index is 12.8. The first-order valence-electron chi connectivity index (χ1n) is 9.40. The Bertz CT molecular complexity index is 952. The molecule has 0 unspecified atom stereocenters. The van der Waals surface area contributed by atoms with Gasteiger partial charge in [0.15, 0.2) is 0 Å². The third-order valence-corrected chi connectivity index (χ3v) is 5.14. The van der Waals surface area contributed by atoms with E-state index in [0.717, 1.165) is 30.0 Å². The Morgan fingerprint density at radius 1 is 1.12 bits per heavy atom. The van der Waals surface area contributed by atoms with E-state index in [1.165, 1.54) is 16.6 Å². The Morgan fingerprint density at radius 3 is 2.58 bits per heavy atom. The lowest BCUT2D eigenvalue weighted by Crippen LogP contribution is -2.24. The molecule has 0 saturated carbocycles. The normalized spacial score (nSPS) is 17.4. The van der Waals surface area contributed by atoms with Crippen molar-refractivity contribution in [1.82, 2.24) is 9.55 Å². The Balaban J connectivity index is 1.71. The molecule has 0 spiro atoms. The molecule has 0 N–H and O–H groups in total. The molecule has 3 aromatic rings. The Kier molecular flexibility index (Phi) is 4.27. The highest BCUT2D eigenvalue weighted by Gasteiger charge is 2.34. The number of carbonyl (C=O) groups is 1. The summed E-state index contributed by atoms with van der Waals surface area (Å²) in [6.07, 6.45) is 1.58. The molecule has 0 bridgehead atoms. The number of imidazole rings is 1. The molecule has 4 nitrogen and oxygen atoms in total. The first-order chi connectivity index (χ1) is 12.6. The standard InChI is InChI=1S/C22H25N3O/c1-4-9-24-20-8-6-5-7-19(20)23-22(24)17-13-21(26)25(14-17)18-11-15(2)10-16(3)12-18/h5-8,10-12,17H,4,9,13-14H2,1-3H3/t17-/m1/s1. The van der Waals surface area contributed by atoms with E-state index in [9.17, 15) is 4.79 Å². The number of carbonyl (C=O) groups excluding carboxylic acids is 1. The van der Waals surface area contributed by atoms with Gasteiger partial charge in [-0.1, -0.05) is 25.1 Å². The summed E-state index contributed by atoms with van der Waals surface area (Å²) in [6.45, 7) is 7.98. The third kappa shape index (κ3) is 2.90. The van der Waals surface area contributed by atoms with Crippen molar-refractivity contribution in [3.05, 3.63) is 59.4 Å². The van der Waals surface area contributed by atoms with Crippen LogP contribution in [0.2, 0.25) is 0 Å². The molecule has 26 heavy (non-hydrogen) atoms. The molecule has 2 aromatic carbocycles. The zero-order valence-electron chi connectivity index (χ0n) is 15.7. The van der Waals surface area contributed by atoms with E-state index in [0.29, 0.717) is 13.0 Å². The number of fused-ring (bicyclic) bond motifs is 1. The van der Waals surface area contributed by atoms with Gasteiger partial charge in [-0.25, -0.2) is 4.98 Å². The summed E-state index contributed by atoms with van der Waals surface area (Å²) in [5.74, 6) is 1.38. The number of hydrogen-bond donors (Lipinski definition) is 0. The van der Waals surface area contributed by atoms with Gasteiger partial charge in [0.25, 0.3) is 0 Å². The number of benzene rings is 2. The number of anilines is 1. The fourth-order valence-electron chi connectivity index (χ4n) is 4.10. The maximum absolute atomic E-state index is 12.8. The molecule has 1 atom stereocenters. The van der Waals surface area contributed by atoms with Gasteiger partial charge < -0.3 is 9.47 Å². The summed E-state index contributed by atoms with van der Waals surface area (Å²) >= 11 is 0. The van der Waals surface area contributed by atoms with Crippen molar-refractivity contribution in [2.75, 3.05) is 11.4 Å². The van der Waals surface area contributed by atoms with Crippen LogP contribution in [0, 0.1) is 13.8 Å². The lowest BCUT2D eigenvalue weighted by Gasteiger charge is -2.18. The molecule has 2 heterocycles. The molecule has 134 valence electrons. The van der Waals surface area contributed by atoms with Crippen LogP contribution < -0.4 is 4.90 Å². The lowest BCUT2D eigenvalue weighted by atomic mass is 10.1. The van der Waals surface area contributed by atoms with Crippen molar-refractivity contribution >= 4 is 22.6 Å². The van der Waals surface area contributed by atoms with Gasteiger partial charge >= 0.3 is 0 Å². The monoisotopic (exact) mass is 347 g/mol. The van der Waals surface area contributed by atoms with Crippen LogP contribution in [0.15, 0.2) is 42.5 Å². The van der Waals surface area contributed by atoms with Crippen LogP contribution in [0.5, 0.6) is 0 Å². The minimum Gasteiger partial charge on any atom is -0.328 e. The van der Waals surface area contributed by atoms with Crippen LogP contribution in [0.4, 0.5) is 5.69 Å². The largest absolute Gasteiger partial charge is 0.328 e. The molecule has 1 aliphatic rings. The summed E-state index contributed by atoms with van der Waals surface area (Å²) in [5, 5.41) is 0. The van der Waals surface area contributed by atoms with Crippen molar-refractivity contribution < 1.29 is 4.79 Å². The number of rotatable bonds is 4. The fourth-order valence-corrected chi connectivity index (χ4v) is 4.10. The molecule has 1 fully saturated rings. The third-order valence-electron chi connectivity index (χ3n) is 5.14. The van der Waals surface area contributed by atoms with Crippen LogP contribution in [0.25, 0.3) is 11.0 Å². The van der Waals surface area contributed by atoms with Gasteiger partial charge in [0.1, 0.15) is 5.82 Å². The zero-order valence-corrected chi connectivity index (χ0v) is 15.7. The van der Waals surface area contributed by atoms with E-state index >= 15 is 0 Å². The second-order valence-corrected chi connectivity index (χ2v) is 7.36. The van der Waals surface area contributed by atoms with E-state index in [1.54, 1.807) is 0 Å². The number of amides is 1. The van der Waals surface area contributed by atoms with Gasteiger partial charge in [-0.3, -0.25) is 4.79 Å². The number of aryl methyl sites for hydroxylation is 3. The first kappa shape index (κ1) is 16.8. The van der Waals surface area contributed by atoms with Crippen LogP contribution >= 0.6 is 0 Å². The highest BCUT2D eigenvalue weighted by atomic mass is 16.2. The van der Waals surface area contributed by atoms with E-state index in [2.05, 4.69) is 61.7 Å². The summed E-state index contributed by atoms with van der Waals surface area (Å²) in [7, 11) is 0. The predicted molar refractivity (Wildman–Crippen MR) is 106 cm³/mol.